The molecule has 0 heterocycles. The van der Waals surface area contributed by atoms with E-state index in [1.54, 1.807) is 0 Å². The molecular formula is MnS3Sn. The normalized spacial score (nSPS) is 0. The zero-order valence-corrected chi connectivity index (χ0v) is 8.59. The average molecular weight is 270 g/mol. The third kappa shape index (κ3) is 21.7. The second-order valence-electron chi connectivity index (χ2n) is 0. The molecule has 0 spiro atoms. The SMILES string of the molecule is [Mn+2].[S-2].[S-2].[S-2].[Sn+4]. The summed E-state index contributed by atoms with van der Waals surface area (Å²) in [7, 11) is 0. The van der Waals surface area contributed by atoms with Gasteiger partial charge in [-0.3, -0.25) is 0 Å². The van der Waals surface area contributed by atoms with Crippen LogP contribution in [0.2, 0.25) is 0 Å². The van der Waals surface area contributed by atoms with Gasteiger partial charge in [0.1, 0.15) is 0 Å². The Morgan fingerprint density at radius 1 is 0.600 bits per heavy atom. The van der Waals surface area contributed by atoms with Crippen molar-refractivity contribution in [1.82, 2.24) is 0 Å². The summed E-state index contributed by atoms with van der Waals surface area (Å²) >= 11 is 0. The Labute approximate surface area is 80.6 Å². The fourth-order valence-corrected chi connectivity index (χ4v) is 0. The number of hydrogen-bond donors (Lipinski definition) is 0. The van der Waals surface area contributed by atoms with Gasteiger partial charge in [-0.1, -0.05) is 0 Å². The number of hydrogen-bond acceptors (Lipinski definition) is 0. The van der Waals surface area contributed by atoms with Crippen LogP contribution in [0.1, 0.15) is 0 Å². The Morgan fingerprint density at radius 2 is 0.600 bits per heavy atom. The van der Waals surface area contributed by atoms with Crippen LogP contribution in [0.4, 0.5) is 0 Å². The first-order valence-electron chi connectivity index (χ1n) is 0. The molecule has 0 aromatic carbocycles. The quantitative estimate of drug-likeness (QED) is 0.526. The molecular weight excluding hydrogens is 270 g/mol. The third-order valence-corrected chi connectivity index (χ3v) is 0. The van der Waals surface area contributed by atoms with E-state index in [2.05, 4.69) is 0 Å². The van der Waals surface area contributed by atoms with Crippen molar-refractivity contribution in [2.24, 2.45) is 0 Å². The molecule has 0 nitrogen and oxygen atoms in total. The van der Waals surface area contributed by atoms with Crippen molar-refractivity contribution in [2.75, 3.05) is 0 Å². The molecule has 0 bridgehead atoms. The van der Waals surface area contributed by atoms with Gasteiger partial charge in [0.15, 0.2) is 0 Å². The van der Waals surface area contributed by atoms with Gasteiger partial charge < -0.3 is 40.5 Å². The van der Waals surface area contributed by atoms with Crippen molar-refractivity contribution in [3.05, 3.63) is 0 Å². The predicted molar refractivity (Wildman–Crippen MR) is 27.8 cm³/mol. The van der Waals surface area contributed by atoms with Gasteiger partial charge in [0.2, 0.25) is 0 Å². The monoisotopic (exact) mass is 271 g/mol. The van der Waals surface area contributed by atoms with Crippen LogP contribution in [-0.4, -0.2) is 23.9 Å². The van der Waals surface area contributed by atoms with Gasteiger partial charge in [-0.25, -0.2) is 0 Å². The summed E-state index contributed by atoms with van der Waals surface area (Å²) < 4.78 is 0. The van der Waals surface area contributed by atoms with Crippen LogP contribution >= 0.6 is 0 Å². The standard InChI is InChI=1S/Mn.3S.Sn/q+2;3*-2;+4. The third-order valence-electron chi connectivity index (χ3n) is 0. The minimum absolute atomic E-state index is 0. The van der Waals surface area contributed by atoms with Gasteiger partial charge >= 0.3 is 41.0 Å². The van der Waals surface area contributed by atoms with Crippen LogP contribution in [0.25, 0.3) is 0 Å². The molecule has 5 heavy (non-hydrogen) atoms. The first-order chi connectivity index (χ1) is 0. The van der Waals surface area contributed by atoms with Gasteiger partial charge in [0, 0.05) is 0 Å². The maximum absolute atomic E-state index is 0. The molecule has 0 saturated heterocycles. The molecule has 0 aromatic heterocycles. The van der Waals surface area contributed by atoms with E-state index in [0.717, 1.165) is 0 Å². The smallest absolute Gasteiger partial charge is 2.00 e. The van der Waals surface area contributed by atoms with E-state index in [0.29, 0.717) is 0 Å². The van der Waals surface area contributed by atoms with Crippen LogP contribution in [0.5, 0.6) is 0 Å². The molecule has 0 aliphatic carbocycles. The van der Waals surface area contributed by atoms with Crippen molar-refractivity contribution in [3.8, 4) is 0 Å². The molecule has 0 unspecified atom stereocenters. The molecule has 0 rings (SSSR count). The van der Waals surface area contributed by atoms with E-state index in [4.69, 9.17) is 0 Å². The summed E-state index contributed by atoms with van der Waals surface area (Å²) in [6.07, 6.45) is 0. The van der Waals surface area contributed by atoms with E-state index < -0.39 is 0 Å². The zero-order chi connectivity index (χ0) is 0. The Hall–Kier alpha value is 2.37. The first kappa shape index (κ1) is 53.3. The molecule has 1 radical (unpaired) electrons. The second-order valence-corrected chi connectivity index (χ2v) is 0. The molecule has 0 aromatic rings. The Balaban J connectivity index is 0. The molecule has 0 saturated carbocycles. The molecule has 0 N–H and O–H groups in total. The van der Waals surface area contributed by atoms with Crippen molar-refractivity contribution in [3.63, 3.8) is 0 Å². The molecule has 5 heteroatoms. The van der Waals surface area contributed by atoms with Crippen LogP contribution in [-0.2, 0) is 57.6 Å². The topological polar surface area (TPSA) is 0 Å². The van der Waals surface area contributed by atoms with Gasteiger partial charge in [-0.15, -0.1) is 0 Å². The maximum Gasteiger partial charge on any atom is 4.00 e. The van der Waals surface area contributed by atoms with Gasteiger partial charge in [0.05, 0.1) is 0 Å². The van der Waals surface area contributed by atoms with E-state index >= 15 is 0 Å². The predicted octanol–water partition coefficient (Wildman–Crippen LogP) is -0.391. The molecule has 0 fully saturated rings. The first-order valence-corrected chi connectivity index (χ1v) is 0. The maximum atomic E-state index is 0. The minimum atomic E-state index is 0. The molecule has 0 amide bonds. The largest absolute Gasteiger partial charge is 4.00 e. The summed E-state index contributed by atoms with van der Waals surface area (Å²) in [6.45, 7) is 0. The van der Waals surface area contributed by atoms with Gasteiger partial charge in [-0.05, 0) is 0 Å². The molecule has 0 atom stereocenters. The summed E-state index contributed by atoms with van der Waals surface area (Å²) in [6, 6.07) is 0. The fourth-order valence-electron chi connectivity index (χ4n) is 0. The average Bonchev–Trinajstić information content (AvgIpc) is 0. The van der Waals surface area contributed by atoms with Gasteiger partial charge in [-0.2, -0.15) is 0 Å². The van der Waals surface area contributed by atoms with Crippen LogP contribution in [0, 0.1) is 0 Å². The summed E-state index contributed by atoms with van der Waals surface area (Å²) in [5, 5.41) is 0. The van der Waals surface area contributed by atoms with Crippen molar-refractivity contribution < 1.29 is 17.1 Å². The summed E-state index contributed by atoms with van der Waals surface area (Å²) in [5.41, 5.74) is 0. The second kappa shape index (κ2) is 32.7. The summed E-state index contributed by atoms with van der Waals surface area (Å²) in [4.78, 5) is 0. The Morgan fingerprint density at radius 3 is 0.600 bits per heavy atom. The Kier molecular flexibility index (Phi) is 349. The van der Waals surface area contributed by atoms with Crippen molar-refractivity contribution in [1.29, 1.82) is 0 Å². The van der Waals surface area contributed by atoms with E-state index in [-0.39, 0.29) is 81.5 Å². The van der Waals surface area contributed by atoms with Crippen molar-refractivity contribution in [2.45, 2.75) is 0 Å². The van der Waals surface area contributed by atoms with Crippen LogP contribution in [0.3, 0.4) is 0 Å². The van der Waals surface area contributed by atoms with E-state index in [9.17, 15) is 0 Å². The molecule has 0 aliphatic heterocycles. The van der Waals surface area contributed by atoms with Gasteiger partial charge in [0.25, 0.3) is 0 Å². The summed E-state index contributed by atoms with van der Waals surface area (Å²) in [5.74, 6) is 0. The van der Waals surface area contributed by atoms with E-state index in [1.807, 2.05) is 0 Å². The molecule has 0 aliphatic rings. The Bertz CT molecular complexity index is 6.85. The van der Waals surface area contributed by atoms with E-state index in [1.165, 1.54) is 0 Å². The van der Waals surface area contributed by atoms with Crippen molar-refractivity contribution >= 4 is 64.4 Å². The van der Waals surface area contributed by atoms with Crippen LogP contribution < -0.4 is 0 Å². The fraction of sp³-hybridized carbons (Fsp3) is 0. The van der Waals surface area contributed by atoms with Crippen LogP contribution in [0.15, 0.2) is 0 Å². The molecule has 29 valence electrons. The number of rotatable bonds is 0. The zero-order valence-electron chi connectivity index (χ0n) is 2.10. The minimum Gasteiger partial charge on any atom is -2.00 e.